The van der Waals surface area contributed by atoms with Crippen LogP contribution in [0.15, 0.2) is 60.2 Å². The third kappa shape index (κ3) is 25.5. The maximum absolute atomic E-state index is 11.6. The molecule has 1 aliphatic rings. The minimum absolute atomic E-state index is 0. The average Bonchev–Trinajstić information content (AvgIpc) is 3.55. The summed E-state index contributed by atoms with van der Waals surface area (Å²) in [4.78, 5) is 0. The van der Waals surface area contributed by atoms with Crippen LogP contribution < -0.4 is 0 Å². The number of unbranched alkanes of at least 4 members (excludes halogenated alkanes) is 29. The van der Waals surface area contributed by atoms with E-state index in [0.29, 0.717) is 0 Å². The minimum atomic E-state index is 0. The molecule has 0 fully saturated rings. The molecule has 0 radical (unpaired) electrons. The van der Waals surface area contributed by atoms with Crippen LogP contribution in [0, 0.1) is 14.9 Å². The number of hydrogen-bond acceptors (Lipinski definition) is 0. The Morgan fingerprint density at radius 2 is 0.644 bits per heavy atom. The Labute approximate surface area is 379 Å². The van der Waals surface area contributed by atoms with Gasteiger partial charge in [0.15, 0.2) is 0 Å². The summed E-state index contributed by atoms with van der Waals surface area (Å²) >= 11 is 0. The summed E-state index contributed by atoms with van der Waals surface area (Å²) < 4.78 is 1.47. The molecule has 0 N–H and O–H groups in total. The van der Waals surface area contributed by atoms with Crippen molar-refractivity contribution >= 4 is 11.4 Å². The molecule has 1 heterocycles. The molecular weight excluding hydrogens is 759 g/mol. The molecule has 2 nitrogen and oxygen atoms in total. The van der Waals surface area contributed by atoms with Crippen molar-refractivity contribution in [3.8, 4) is 0 Å². The Bertz CT molecular complexity index is 1320. The Hall–Kier alpha value is -1.99. The molecule has 2 aromatic carbocycles. The number of hydrogen-bond donors (Lipinski definition) is 0. The second-order valence-corrected chi connectivity index (χ2v) is 17.6. The monoisotopic (exact) mass is 853 g/mol. The summed E-state index contributed by atoms with van der Waals surface area (Å²) in [5.41, 5.74) is 19.7. The standard InChI is InChI=1S/C54H88N2.2CH3.Ni/c1-4-7-10-11-12-13-14-15-16-17-18-19-20-21-22-23-24-25-26-27-28-29-30-31-32-33-34-35-38-52-47-53(50-43-39-48(40-44-50)36-8-5-2)56(55)54(52)51-45-41-49(42-46-51)37-9-6-3;;;/h39-47H,4-38H2,1-3H3;2*1H3;/q;2*-1;+2. The van der Waals surface area contributed by atoms with Gasteiger partial charge in [0, 0.05) is 22.8 Å². The first-order valence-corrected chi connectivity index (χ1v) is 24.8. The Morgan fingerprint density at radius 3 is 0.966 bits per heavy atom. The molecule has 59 heavy (non-hydrogen) atoms. The van der Waals surface area contributed by atoms with Gasteiger partial charge in [-0.1, -0.05) is 231 Å². The zero-order chi connectivity index (χ0) is 39.7. The van der Waals surface area contributed by atoms with Gasteiger partial charge in [0.05, 0.1) is 0 Å². The first kappa shape index (κ1) is 57.0. The summed E-state index contributed by atoms with van der Waals surface area (Å²) in [5, 5.41) is 0. The Morgan fingerprint density at radius 1 is 0.356 bits per heavy atom. The van der Waals surface area contributed by atoms with Gasteiger partial charge in [0.2, 0.25) is 11.4 Å². The van der Waals surface area contributed by atoms with Crippen molar-refractivity contribution < 1.29 is 21.2 Å². The molecule has 0 saturated carbocycles. The molecule has 0 aliphatic carbocycles. The second kappa shape index (κ2) is 38.9. The zero-order valence-corrected chi connectivity index (χ0v) is 40.6. The predicted octanol–water partition coefficient (Wildman–Crippen LogP) is 19.4. The molecule has 338 valence electrons. The summed E-state index contributed by atoms with van der Waals surface area (Å²) in [6, 6.07) is 17.8. The molecule has 0 atom stereocenters. The molecule has 2 aromatic rings. The van der Waals surface area contributed by atoms with E-state index in [-0.39, 0.29) is 31.3 Å². The maximum atomic E-state index is 11.6. The van der Waals surface area contributed by atoms with Crippen LogP contribution in [-0.4, -0.2) is 4.70 Å². The van der Waals surface area contributed by atoms with Crippen LogP contribution in [0.2, 0.25) is 0 Å². The van der Waals surface area contributed by atoms with E-state index < -0.39 is 0 Å². The molecule has 0 amide bonds. The van der Waals surface area contributed by atoms with E-state index in [2.05, 4.69) is 75.4 Å². The van der Waals surface area contributed by atoms with Gasteiger partial charge in [0.1, 0.15) is 0 Å². The average molecular weight is 854 g/mol. The van der Waals surface area contributed by atoms with Crippen LogP contribution in [-0.2, 0) is 29.3 Å². The summed E-state index contributed by atoms with van der Waals surface area (Å²) in [6.07, 6.45) is 50.4. The van der Waals surface area contributed by atoms with Gasteiger partial charge in [-0.15, -0.1) is 0 Å². The van der Waals surface area contributed by atoms with Crippen molar-refractivity contribution in [2.24, 2.45) is 0 Å². The number of benzene rings is 2. The smallest absolute Gasteiger partial charge is 0.493 e. The van der Waals surface area contributed by atoms with Gasteiger partial charge < -0.3 is 20.4 Å². The van der Waals surface area contributed by atoms with Crippen LogP contribution >= 0.6 is 0 Å². The van der Waals surface area contributed by atoms with Gasteiger partial charge in [-0.2, -0.15) is 0 Å². The number of rotatable bonds is 37. The fraction of sp³-hybridized carbons (Fsp3) is 0.679. The van der Waals surface area contributed by atoms with E-state index in [1.165, 1.54) is 227 Å². The first-order chi connectivity index (χ1) is 27.7. The molecule has 0 bridgehead atoms. The van der Waals surface area contributed by atoms with Gasteiger partial charge in [-0.25, -0.2) is 4.70 Å². The third-order valence-corrected chi connectivity index (χ3v) is 12.5. The van der Waals surface area contributed by atoms with Crippen molar-refractivity contribution in [2.75, 3.05) is 0 Å². The molecule has 0 spiro atoms. The van der Waals surface area contributed by atoms with E-state index in [1.807, 2.05) is 0 Å². The van der Waals surface area contributed by atoms with Gasteiger partial charge in [-0.05, 0) is 73.9 Å². The molecule has 0 aromatic heterocycles. The maximum Gasteiger partial charge on any atom is 2.00 e. The van der Waals surface area contributed by atoms with E-state index in [0.717, 1.165) is 41.8 Å². The Balaban J connectivity index is 0.0000112. The molecule has 3 rings (SSSR count). The van der Waals surface area contributed by atoms with Crippen LogP contribution in [0.4, 0.5) is 0 Å². The van der Waals surface area contributed by atoms with Crippen molar-refractivity contribution in [2.45, 2.75) is 245 Å². The summed E-state index contributed by atoms with van der Waals surface area (Å²) in [6.45, 7) is 6.81. The largest absolute Gasteiger partial charge is 2.00 e. The number of nitrogens with zero attached hydrogens (tertiary/aromatic N) is 2. The molecule has 3 heteroatoms. The molecular formula is C56H94N2Ni. The fourth-order valence-corrected chi connectivity index (χ4v) is 8.67. The van der Waals surface area contributed by atoms with Crippen LogP contribution in [0.3, 0.4) is 0 Å². The van der Waals surface area contributed by atoms with E-state index in [9.17, 15) is 5.53 Å². The van der Waals surface area contributed by atoms with Crippen molar-refractivity contribution in [1.82, 2.24) is 0 Å². The third-order valence-electron chi connectivity index (χ3n) is 12.5. The van der Waals surface area contributed by atoms with E-state index >= 15 is 0 Å². The van der Waals surface area contributed by atoms with Crippen LogP contribution in [0.25, 0.3) is 16.9 Å². The minimum Gasteiger partial charge on any atom is -0.493 e. The fourth-order valence-electron chi connectivity index (χ4n) is 8.67. The van der Waals surface area contributed by atoms with Gasteiger partial charge >= 0.3 is 16.5 Å². The van der Waals surface area contributed by atoms with E-state index in [4.69, 9.17) is 0 Å². The van der Waals surface area contributed by atoms with Gasteiger partial charge in [0.25, 0.3) is 0 Å². The van der Waals surface area contributed by atoms with Crippen molar-refractivity contribution in [3.05, 3.63) is 103 Å². The number of aryl methyl sites for hydroxylation is 2. The van der Waals surface area contributed by atoms with Crippen LogP contribution in [0.1, 0.15) is 255 Å². The molecule has 1 aliphatic heterocycles. The Kier molecular flexibility index (Phi) is 37.6. The molecule has 0 saturated heterocycles. The predicted molar refractivity (Wildman–Crippen MR) is 261 cm³/mol. The first-order valence-electron chi connectivity index (χ1n) is 24.8. The van der Waals surface area contributed by atoms with Gasteiger partial charge in [-0.3, -0.25) is 0 Å². The summed E-state index contributed by atoms with van der Waals surface area (Å²) in [5.74, 6) is 0. The second-order valence-electron chi connectivity index (χ2n) is 17.6. The SMILES string of the molecule is CCCCCCCCCCCCCCCCCCCCCCCCCCCCCCC1=C(c2ccc(CCCC)cc2)[N+](=[N-])C(c2ccc(CCCC)cc2)=C1.[CH3-].[CH3-].[Ni+2]. The summed E-state index contributed by atoms with van der Waals surface area (Å²) in [7, 11) is 0. The van der Waals surface area contributed by atoms with Crippen LogP contribution in [0.5, 0.6) is 0 Å². The van der Waals surface area contributed by atoms with E-state index in [1.54, 1.807) is 0 Å². The van der Waals surface area contributed by atoms with Crippen molar-refractivity contribution in [3.63, 3.8) is 0 Å². The number of allylic oxidation sites excluding steroid dienone is 2. The zero-order valence-electron chi connectivity index (χ0n) is 39.7. The normalized spacial score (nSPS) is 12.3. The van der Waals surface area contributed by atoms with Crippen molar-refractivity contribution in [1.29, 1.82) is 0 Å². The molecule has 0 unspecified atom stereocenters. The topological polar surface area (TPSA) is 25.3 Å². The quantitative estimate of drug-likeness (QED) is 0.0280.